The van der Waals surface area contributed by atoms with Gasteiger partial charge < -0.3 is 24.5 Å². The Morgan fingerprint density at radius 2 is 2.04 bits per heavy atom. The molecular formula is C20H24N4O3S. The van der Waals surface area contributed by atoms with Gasteiger partial charge in [-0.25, -0.2) is 4.98 Å². The van der Waals surface area contributed by atoms with E-state index in [0.717, 1.165) is 40.6 Å². The summed E-state index contributed by atoms with van der Waals surface area (Å²) < 4.78 is 16.1. The zero-order valence-corrected chi connectivity index (χ0v) is 17.0. The molecule has 0 bridgehead atoms. The lowest BCUT2D eigenvalue weighted by Crippen LogP contribution is -2.37. The zero-order valence-electron chi connectivity index (χ0n) is 16.2. The van der Waals surface area contributed by atoms with E-state index in [-0.39, 0.29) is 0 Å². The van der Waals surface area contributed by atoms with Crippen LogP contribution in [0.25, 0.3) is 10.8 Å². The van der Waals surface area contributed by atoms with Gasteiger partial charge in [-0.3, -0.25) is 4.99 Å². The molecule has 0 saturated carbocycles. The molecule has 0 radical (unpaired) electrons. The van der Waals surface area contributed by atoms with Crippen LogP contribution in [0, 0.1) is 0 Å². The van der Waals surface area contributed by atoms with Gasteiger partial charge >= 0.3 is 0 Å². The summed E-state index contributed by atoms with van der Waals surface area (Å²) in [6, 6.07) is 9.89. The molecule has 3 rings (SSSR count). The number of ether oxygens (including phenoxy) is 2. The fraction of sp³-hybridized carbons (Fsp3) is 0.300. The lowest BCUT2D eigenvalue weighted by Gasteiger charge is -2.12. The van der Waals surface area contributed by atoms with E-state index >= 15 is 0 Å². The van der Waals surface area contributed by atoms with E-state index in [1.165, 1.54) is 0 Å². The Morgan fingerprint density at radius 1 is 1.18 bits per heavy atom. The molecule has 0 fully saturated rings. The van der Waals surface area contributed by atoms with Crippen molar-refractivity contribution in [2.45, 2.75) is 13.0 Å². The van der Waals surface area contributed by atoms with E-state index in [9.17, 15) is 0 Å². The van der Waals surface area contributed by atoms with Gasteiger partial charge in [0.2, 0.25) is 5.89 Å². The minimum absolute atomic E-state index is 0.533. The summed E-state index contributed by atoms with van der Waals surface area (Å²) in [6.45, 7) is 1.26. The van der Waals surface area contributed by atoms with E-state index in [2.05, 4.69) is 20.6 Å². The van der Waals surface area contributed by atoms with Gasteiger partial charge in [0.1, 0.15) is 6.26 Å². The number of aromatic nitrogens is 1. The van der Waals surface area contributed by atoms with Crippen LogP contribution in [-0.2, 0) is 13.0 Å². The van der Waals surface area contributed by atoms with Gasteiger partial charge in [-0.05, 0) is 35.6 Å². The molecule has 2 N–H and O–H groups in total. The number of hydrogen-bond donors (Lipinski definition) is 2. The van der Waals surface area contributed by atoms with Crippen molar-refractivity contribution in [3.05, 3.63) is 53.2 Å². The number of benzene rings is 1. The Bertz CT molecular complexity index is 906. The summed E-state index contributed by atoms with van der Waals surface area (Å²) in [5.41, 5.74) is 1.98. The van der Waals surface area contributed by atoms with E-state index in [0.29, 0.717) is 18.4 Å². The molecule has 1 aromatic carbocycles. The molecule has 0 aliphatic heterocycles. The van der Waals surface area contributed by atoms with Crippen molar-refractivity contribution in [2.75, 3.05) is 27.8 Å². The van der Waals surface area contributed by atoms with Gasteiger partial charge in [0.15, 0.2) is 17.5 Å². The quantitative estimate of drug-likeness (QED) is 0.446. The molecule has 28 heavy (non-hydrogen) atoms. The number of methoxy groups -OCH3 is 2. The normalized spacial score (nSPS) is 11.3. The fourth-order valence-corrected chi connectivity index (χ4v) is 3.31. The number of nitrogens with one attached hydrogen (secondary N) is 2. The second-order valence-corrected chi connectivity index (χ2v) is 6.86. The van der Waals surface area contributed by atoms with Gasteiger partial charge in [0.05, 0.1) is 31.3 Å². The number of guanidine groups is 1. The van der Waals surface area contributed by atoms with Crippen LogP contribution < -0.4 is 20.1 Å². The number of nitrogens with zero attached hydrogens (tertiary/aromatic N) is 2. The second kappa shape index (κ2) is 9.80. The van der Waals surface area contributed by atoms with Crippen LogP contribution in [0.4, 0.5) is 0 Å². The molecule has 3 aromatic rings. The number of rotatable bonds is 8. The molecule has 0 saturated heterocycles. The Balaban J connectivity index is 1.47. The minimum Gasteiger partial charge on any atom is -0.493 e. The standard InChI is InChI=1S/C20H24N4O3S/c1-21-20(22-9-8-14-6-7-16(25-2)17(11-14)26-3)23-12-15-13-27-19(24-15)18-5-4-10-28-18/h4-7,10-11,13H,8-9,12H2,1-3H3,(H2,21,22,23). The first kappa shape index (κ1) is 19.8. The number of aliphatic imine (C=N–C) groups is 1. The third-order valence-electron chi connectivity index (χ3n) is 4.10. The average Bonchev–Trinajstić information content (AvgIpc) is 3.42. The SMILES string of the molecule is CN=C(NCCc1ccc(OC)c(OC)c1)NCc1coc(-c2cccs2)n1. The van der Waals surface area contributed by atoms with Crippen molar-refractivity contribution in [1.82, 2.24) is 15.6 Å². The first-order valence-electron chi connectivity index (χ1n) is 8.87. The van der Waals surface area contributed by atoms with Gasteiger partial charge in [0.25, 0.3) is 0 Å². The van der Waals surface area contributed by atoms with Gasteiger partial charge in [-0.1, -0.05) is 12.1 Å². The molecule has 148 valence electrons. The van der Waals surface area contributed by atoms with Crippen molar-refractivity contribution in [3.63, 3.8) is 0 Å². The maximum atomic E-state index is 5.53. The highest BCUT2D eigenvalue weighted by atomic mass is 32.1. The fourth-order valence-electron chi connectivity index (χ4n) is 2.66. The lowest BCUT2D eigenvalue weighted by atomic mass is 10.1. The monoisotopic (exact) mass is 400 g/mol. The van der Waals surface area contributed by atoms with Gasteiger partial charge in [-0.15, -0.1) is 11.3 Å². The third kappa shape index (κ3) is 5.04. The maximum Gasteiger partial charge on any atom is 0.236 e. The van der Waals surface area contributed by atoms with Crippen molar-refractivity contribution in [3.8, 4) is 22.3 Å². The van der Waals surface area contributed by atoms with Crippen LogP contribution in [0.2, 0.25) is 0 Å². The summed E-state index contributed by atoms with van der Waals surface area (Å²) >= 11 is 1.60. The Labute approximate surface area is 168 Å². The van der Waals surface area contributed by atoms with Crippen LogP contribution in [0.15, 0.2) is 51.4 Å². The van der Waals surface area contributed by atoms with Crippen LogP contribution in [0.5, 0.6) is 11.5 Å². The Hall–Kier alpha value is -3.00. The maximum absolute atomic E-state index is 5.53. The summed E-state index contributed by atoms with van der Waals surface area (Å²) in [5, 5.41) is 8.55. The summed E-state index contributed by atoms with van der Waals surface area (Å²) in [4.78, 5) is 9.76. The smallest absolute Gasteiger partial charge is 0.236 e. The highest BCUT2D eigenvalue weighted by molar-refractivity contribution is 7.13. The molecule has 8 heteroatoms. The van der Waals surface area contributed by atoms with Crippen LogP contribution in [0.3, 0.4) is 0 Å². The number of oxazole rings is 1. The van der Waals surface area contributed by atoms with E-state index < -0.39 is 0 Å². The Kier molecular flexibility index (Phi) is 6.91. The molecule has 0 amide bonds. The van der Waals surface area contributed by atoms with Crippen LogP contribution in [0.1, 0.15) is 11.3 Å². The van der Waals surface area contributed by atoms with E-state index in [1.54, 1.807) is 38.9 Å². The summed E-state index contributed by atoms with van der Waals surface area (Å²) in [7, 11) is 5.01. The molecule has 7 nitrogen and oxygen atoms in total. The van der Waals surface area contributed by atoms with Crippen molar-refractivity contribution < 1.29 is 13.9 Å². The topological polar surface area (TPSA) is 80.9 Å². The predicted molar refractivity (Wildman–Crippen MR) is 111 cm³/mol. The number of thiophene rings is 1. The molecule has 0 atom stereocenters. The van der Waals surface area contributed by atoms with E-state index in [1.807, 2.05) is 35.7 Å². The largest absolute Gasteiger partial charge is 0.493 e. The first-order chi connectivity index (χ1) is 13.7. The zero-order chi connectivity index (χ0) is 19.8. The first-order valence-corrected chi connectivity index (χ1v) is 9.75. The van der Waals surface area contributed by atoms with Crippen molar-refractivity contribution in [2.24, 2.45) is 4.99 Å². The molecule has 0 spiro atoms. The molecular weight excluding hydrogens is 376 g/mol. The highest BCUT2D eigenvalue weighted by Gasteiger charge is 2.08. The molecule has 2 heterocycles. The van der Waals surface area contributed by atoms with Crippen LogP contribution in [-0.4, -0.2) is 38.8 Å². The van der Waals surface area contributed by atoms with Crippen LogP contribution >= 0.6 is 11.3 Å². The Morgan fingerprint density at radius 3 is 2.75 bits per heavy atom. The third-order valence-corrected chi connectivity index (χ3v) is 4.96. The second-order valence-electron chi connectivity index (χ2n) is 5.91. The minimum atomic E-state index is 0.533. The molecule has 0 aliphatic rings. The average molecular weight is 401 g/mol. The predicted octanol–water partition coefficient (Wildman–Crippen LogP) is 3.33. The highest BCUT2D eigenvalue weighted by Crippen LogP contribution is 2.27. The van der Waals surface area contributed by atoms with Gasteiger partial charge in [0, 0.05) is 13.6 Å². The summed E-state index contributed by atoms with van der Waals surface area (Å²) in [5.74, 6) is 2.81. The molecule has 0 unspecified atom stereocenters. The molecule has 2 aromatic heterocycles. The van der Waals surface area contributed by atoms with E-state index in [4.69, 9.17) is 13.9 Å². The van der Waals surface area contributed by atoms with Crippen molar-refractivity contribution in [1.29, 1.82) is 0 Å². The number of hydrogen-bond acceptors (Lipinski definition) is 6. The summed E-state index contributed by atoms with van der Waals surface area (Å²) in [6.07, 6.45) is 2.49. The van der Waals surface area contributed by atoms with Gasteiger partial charge in [-0.2, -0.15) is 0 Å². The molecule has 0 aliphatic carbocycles. The lowest BCUT2D eigenvalue weighted by molar-refractivity contribution is 0.354. The van der Waals surface area contributed by atoms with Crippen molar-refractivity contribution >= 4 is 17.3 Å².